The lowest BCUT2D eigenvalue weighted by atomic mass is 9.96. The van der Waals surface area contributed by atoms with Crippen molar-refractivity contribution in [3.8, 4) is 0 Å². The van der Waals surface area contributed by atoms with Gasteiger partial charge in [-0.05, 0) is 24.4 Å². The molecule has 5 atom stereocenters. The average Bonchev–Trinajstić information content (AvgIpc) is 2.48. The average molecular weight is 314 g/mol. The van der Waals surface area contributed by atoms with E-state index in [1.54, 1.807) is 12.1 Å². The summed E-state index contributed by atoms with van der Waals surface area (Å²) in [7, 11) is 0. The molecule has 0 bridgehead atoms. The third kappa shape index (κ3) is 3.88. The van der Waals surface area contributed by atoms with Crippen LogP contribution in [0.5, 0.6) is 0 Å². The molecule has 8 heteroatoms. The Labute approximate surface area is 127 Å². The highest BCUT2D eigenvalue weighted by Crippen LogP contribution is 2.20. The zero-order valence-corrected chi connectivity index (χ0v) is 11.9. The Bertz CT molecular complexity index is 475. The van der Waals surface area contributed by atoms with Gasteiger partial charge in [-0.15, -0.1) is 0 Å². The van der Waals surface area contributed by atoms with Crippen LogP contribution < -0.4 is 10.6 Å². The van der Waals surface area contributed by atoms with Gasteiger partial charge in [0.05, 0.1) is 12.6 Å². The number of rotatable bonds is 3. The van der Waals surface area contributed by atoms with Crippen molar-refractivity contribution in [3.05, 3.63) is 30.3 Å². The minimum absolute atomic E-state index is 0.176. The lowest BCUT2D eigenvalue weighted by molar-refractivity contribution is -0.260. The van der Waals surface area contributed by atoms with Crippen molar-refractivity contribution in [1.29, 1.82) is 0 Å². The Morgan fingerprint density at radius 3 is 2.43 bits per heavy atom. The molecule has 0 spiro atoms. The van der Waals surface area contributed by atoms with Gasteiger partial charge in [-0.3, -0.25) is 0 Å². The summed E-state index contributed by atoms with van der Waals surface area (Å²) in [5.74, 6) is 0. The lowest BCUT2D eigenvalue weighted by Gasteiger charge is -2.40. The molecule has 1 aliphatic heterocycles. The molecule has 6 N–H and O–H groups in total. The molecular weight excluding hydrogens is 296 g/mol. The first-order valence-corrected chi connectivity index (χ1v) is 6.87. The van der Waals surface area contributed by atoms with Crippen molar-refractivity contribution in [2.45, 2.75) is 30.6 Å². The molecule has 1 heterocycles. The maximum Gasteiger partial charge on any atom is 0.183 e. The standard InChI is InChI=1S/C13H18N2O5S/c16-6-8-10(17)9(11(18)12(19)20-8)15-13(21)14-7-4-2-1-3-5-7/h1-5,8-12,16-19H,6H2,(H2,14,15,21)/t8-,9-,10-,11-,12?/m1/s1. The molecule has 0 radical (unpaired) electrons. The van der Waals surface area contributed by atoms with Gasteiger partial charge in [0.1, 0.15) is 18.3 Å². The summed E-state index contributed by atoms with van der Waals surface area (Å²) in [4.78, 5) is 0. The van der Waals surface area contributed by atoms with E-state index in [-0.39, 0.29) is 5.11 Å². The van der Waals surface area contributed by atoms with Gasteiger partial charge in [0.15, 0.2) is 11.4 Å². The van der Waals surface area contributed by atoms with Crippen molar-refractivity contribution in [3.63, 3.8) is 0 Å². The summed E-state index contributed by atoms with van der Waals surface area (Å²) in [6.45, 7) is -0.484. The quantitative estimate of drug-likeness (QED) is 0.385. The van der Waals surface area contributed by atoms with Crippen molar-refractivity contribution >= 4 is 23.0 Å². The van der Waals surface area contributed by atoms with Gasteiger partial charge in [-0.2, -0.15) is 0 Å². The van der Waals surface area contributed by atoms with Crippen molar-refractivity contribution < 1.29 is 25.2 Å². The Balaban J connectivity index is 2.00. The lowest BCUT2D eigenvalue weighted by Crippen LogP contribution is -2.64. The Hall–Kier alpha value is -1.29. The highest BCUT2D eigenvalue weighted by Gasteiger charge is 2.43. The second-order valence-electron chi connectivity index (χ2n) is 4.72. The van der Waals surface area contributed by atoms with E-state index >= 15 is 0 Å². The zero-order chi connectivity index (χ0) is 15.4. The van der Waals surface area contributed by atoms with Gasteiger partial charge in [0.2, 0.25) is 0 Å². The molecule has 1 aliphatic rings. The summed E-state index contributed by atoms with van der Waals surface area (Å²) in [5.41, 5.74) is 0.741. The van der Waals surface area contributed by atoms with E-state index in [1.807, 2.05) is 18.2 Å². The summed E-state index contributed by atoms with van der Waals surface area (Å²) >= 11 is 5.11. The van der Waals surface area contributed by atoms with Crippen LogP contribution in [0.2, 0.25) is 0 Å². The third-order valence-corrected chi connectivity index (χ3v) is 3.45. The number of hydrogen-bond acceptors (Lipinski definition) is 6. The number of aliphatic hydroxyl groups excluding tert-OH is 4. The minimum Gasteiger partial charge on any atom is -0.394 e. The Kier molecular flexibility index (Phi) is 5.45. The molecule has 1 aromatic rings. The van der Waals surface area contributed by atoms with Crippen molar-refractivity contribution in [2.24, 2.45) is 0 Å². The van der Waals surface area contributed by atoms with E-state index in [9.17, 15) is 15.3 Å². The first-order chi connectivity index (χ1) is 10.0. The fraction of sp³-hybridized carbons (Fsp3) is 0.462. The summed E-state index contributed by atoms with van der Waals surface area (Å²) in [6, 6.07) is 8.15. The maximum absolute atomic E-state index is 10.0. The largest absolute Gasteiger partial charge is 0.394 e. The number of aliphatic hydroxyl groups is 4. The van der Waals surface area contributed by atoms with Gasteiger partial charge in [0, 0.05) is 5.69 Å². The highest BCUT2D eigenvalue weighted by molar-refractivity contribution is 7.80. The number of anilines is 1. The topological polar surface area (TPSA) is 114 Å². The van der Waals surface area contributed by atoms with E-state index in [4.69, 9.17) is 22.1 Å². The minimum atomic E-state index is -1.51. The normalized spacial score (nSPS) is 32.5. The molecule has 0 aliphatic carbocycles. The monoisotopic (exact) mass is 314 g/mol. The molecule has 1 saturated heterocycles. The van der Waals surface area contributed by atoms with Gasteiger partial charge in [-0.1, -0.05) is 18.2 Å². The predicted molar refractivity (Wildman–Crippen MR) is 79.6 cm³/mol. The fourth-order valence-corrected chi connectivity index (χ4v) is 2.37. The second-order valence-corrected chi connectivity index (χ2v) is 5.13. The molecule has 116 valence electrons. The van der Waals surface area contributed by atoms with Crippen LogP contribution in [-0.2, 0) is 4.74 Å². The smallest absolute Gasteiger partial charge is 0.183 e. The SMILES string of the molecule is OC[C@H]1OC(O)[C@H](O)[C@H](NC(=S)Nc2ccccc2)[C@@H]1O. The van der Waals surface area contributed by atoms with Gasteiger partial charge in [-0.25, -0.2) is 0 Å². The van der Waals surface area contributed by atoms with Crippen LogP contribution in [0.15, 0.2) is 30.3 Å². The molecule has 0 amide bonds. The predicted octanol–water partition coefficient (Wildman–Crippen LogP) is -1.23. The number of ether oxygens (including phenoxy) is 1. The number of para-hydroxylation sites is 1. The van der Waals surface area contributed by atoms with Crippen LogP contribution in [0.4, 0.5) is 5.69 Å². The molecule has 2 rings (SSSR count). The van der Waals surface area contributed by atoms with Crippen molar-refractivity contribution in [2.75, 3.05) is 11.9 Å². The van der Waals surface area contributed by atoms with Crippen LogP contribution in [-0.4, -0.2) is 62.8 Å². The van der Waals surface area contributed by atoms with Gasteiger partial charge >= 0.3 is 0 Å². The molecular formula is C13H18N2O5S. The Morgan fingerprint density at radius 2 is 1.81 bits per heavy atom. The Morgan fingerprint density at radius 1 is 1.14 bits per heavy atom. The highest BCUT2D eigenvalue weighted by atomic mass is 32.1. The first kappa shape index (κ1) is 16.1. The van der Waals surface area contributed by atoms with Crippen molar-refractivity contribution in [1.82, 2.24) is 5.32 Å². The van der Waals surface area contributed by atoms with Crippen LogP contribution in [0, 0.1) is 0 Å². The molecule has 7 nitrogen and oxygen atoms in total. The number of thiocarbonyl (C=S) groups is 1. The first-order valence-electron chi connectivity index (χ1n) is 6.46. The number of hydrogen-bond donors (Lipinski definition) is 6. The van der Waals surface area contributed by atoms with Crippen LogP contribution >= 0.6 is 12.2 Å². The van der Waals surface area contributed by atoms with E-state index in [1.165, 1.54) is 0 Å². The molecule has 1 unspecified atom stereocenters. The van der Waals surface area contributed by atoms with E-state index in [2.05, 4.69) is 10.6 Å². The maximum atomic E-state index is 10.0. The zero-order valence-electron chi connectivity index (χ0n) is 11.1. The van der Waals surface area contributed by atoms with Crippen LogP contribution in [0.25, 0.3) is 0 Å². The van der Waals surface area contributed by atoms with Crippen LogP contribution in [0.1, 0.15) is 0 Å². The van der Waals surface area contributed by atoms with Gasteiger partial charge < -0.3 is 35.8 Å². The third-order valence-electron chi connectivity index (χ3n) is 3.23. The molecule has 1 aromatic carbocycles. The number of benzene rings is 1. The molecule has 0 aromatic heterocycles. The second kappa shape index (κ2) is 7.12. The van der Waals surface area contributed by atoms with E-state index < -0.39 is 37.3 Å². The van der Waals surface area contributed by atoms with Crippen LogP contribution in [0.3, 0.4) is 0 Å². The molecule has 1 fully saturated rings. The fourth-order valence-electron chi connectivity index (χ4n) is 2.11. The number of nitrogens with one attached hydrogen (secondary N) is 2. The summed E-state index contributed by atoms with van der Waals surface area (Å²) < 4.78 is 4.89. The van der Waals surface area contributed by atoms with E-state index in [0.717, 1.165) is 5.69 Å². The molecule has 0 saturated carbocycles. The summed E-state index contributed by atoms with van der Waals surface area (Å²) in [5, 5.41) is 44.4. The van der Waals surface area contributed by atoms with E-state index in [0.29, 0.717) is 0 Å². The molecule has 21 heavy (non-hydrogen) atoms. The summed E-state index contributed by atoms with van der Waals surface area (Å²) in [6.07, 6.45) is -5.11. The van der Waals surface area contributed by atoms with Gasteiger partial charge in [0.25, 0.3) is 0 Å².